The van der Waals surface area contributed by atoms with Crippen molar-refractivity contribution in [1.82, 2.24) is 5.32 Å². The number of hydrogen-bond donors (Lipinski definition) is 1. The smallest absolute Gasteiger partial charge is 0.270 e. The van der Waals surface area contributed by atoms with E-state index in [9.17, 15) is 9.59 Å². The minimum absolute atomic E-state index is 0.0568. The molecule has 0 atom stereocenters. The third-order valence-electron chi connectivity index (χ3n) is 4.22. The Balaban J connectivity index is 2.09. The molecule has 2 amide bonds. The molecule has 0 radical (unpaired) electrons. The van der Waals surface area contributed by atoms with Crippen molar-refractivity contribution in [3.8, 4) is 17.2 Å². The molecule has 0 aliphatic carbocycles. The lowest BCUT2D eigenvalue weighted by molar-refractivity contribution is -0.122. The normalized spacial score (nSPS) is 15.4. The van der Waals surface area contributed by atoms with Gasteiger partial charge in [-0.15, -0.1) is 0 Å². The molecular formula is C20H17ClN2O5S. The lowest BCUT2D eigenvalue weighted by atomic mass is 10.1. The van der Waals surface area contributed by atoms with Crippen LogP contribution in [0.2, 0.25) is 5.02 Å². The first kappa shape index (κ1) is 20.6. The fourth-order valence-corrected chi connectivity index (χ4v) is 3.27. The van der Waals surface area contributed by atoms with Crippen LogP contribution in [0.4, 0.5) is 5.69 Å². The largest absolute Gasteiger partial charge is 0.497 e. The maximum atomic E-state index is 13.2. The molecule has 1 fully saturated rings. The molecule has 7 nitrogen and oxygen atoms in total. The molecule has 1 heterocycles. The summed E-state index contributed by atoms with van der Waals surface area (Å²) >= 11 is 11.3. The van der Waals surface area contributed by atoms with E-state index in [4.69, 9.17) is 38.0 Å². The molecule has 2 aromatic carbocycles. The number of rotatable bonds is 5. The van der Waals surface area contributed by atoms with Crippen LogP contribution in [0.1, 0.15) is 5.56 Å². The van der Waals surface area contributed by atoms with Crippen molar-refractivity contribution in [3.05, 3.63) is 52.6 Å². The van der Waals surface area contributed by atoms with E-state index in [2.05, 4.69) is 5.32 Å². The summed E-state index contributed by atoms with van der Waals surface area (Å²) in [6, 6.07) is 9.79. The molecule has 9 heteroatoms. The van der Waals surface area contributed by atoms with Gasteiger partial charge in [-0.25, -0.2) is 4.90 Å². The van der Waals surface area contributed by atoms with Crippen molar-refractivity contribution in [2.45, 2.75) is 0 Å². The number of carbonyl (C=O) groups is 2. The van der Waals surface area contributed by atoms with Crippen molar-refractivity contribution in [3.63, 3.8) is 0 Å². The number of nitrogens with zero attached hydrogens (tertiary/aromatic N) is 1. The van der Waals surface area contributed by atoms with E-state index < -0.39 is 11.8 Å². The highest BCUT2D eigenvalue weighted by Crippen LogP contribution is 2.35. The summed E-state index contributed by atoms with van der Waals surface area (Å²) in [7, 11) is 4.46. The Morgan fingerprint density at radius 1 is 1.00 bits per heavy atom. The minimum atomic E-state index is -0.620. The number of nitrogens with one attached hydrogen (secondary N) is 1. The van der Waals surface area contributed by atoms with Crippen molar-refractivity contribution < 1.29 is 23.8 Å². The number of carbonyl (C=O) groups excluding carboxylic acids is 2. The lowest BCUT2D eigenvalue weighted by Crippen LogP contribution is -2.54. The van der Waals surface area contributed by atoms with Crippen molar-refractivity contribution >= 4 is 52.5 Å². The second kappa shape index (κ2) is 8.50. The van der Waals surface area contributed by atoms with Gasteiger partial charge in [-0.3, -0.25) is 14.9 Å². The zero-order valence-corrected chi connectivity index (χ0v) is 17.4. The van der Waals surface area contributed by atoms with Crippen LogP contribution in [-0.2, 0) is 9.59 Å². The van der Waals surface area contributed by atoms with Crippen LogP contribution >= 0.6 is 23.8 Å². The molecule has 1 saturated heterocycles. The van der Waals surface area contributed by atoms with Crippen LogP contribution in [0.5, 0.6) is 17.2 Å². The quantitative estimate of drug-likeness (QED) is 0.444. The van der Waals surface area contributed by atoms with E-state index >= 15 is 0 Å². The molecule has 2 aromatic rings. The van der Waals surface area contributed by atoms with Gasteiger partial charge in [0.1, 0.15) is 22.8 Å². The minimum Gasteiger partial charge on any atom is -0.497 e. The average Bonchev–Trinajstić information content (AvgIpc) is 2.71. The molecular weight excluding hydrogens is 416 g/mol. The van der Waals surface area contributed by atoms with Crippen molar-refractivity contribution in [1.29, 1.82) is 0 Å². The van der Waals surface area contributed by atoms with E-state index in [1.165, 1.54) is 32.3 Å². The number of hydrogen-bond acceptors (Lipinski definition) is 6. The summed E-state index contributed by atoms with van der Waals surface area (Å²) in [4.78, 5) is 26.9. The van der Waals surface area contributed by atoms with E-state index in [0.717, 1.165) is 0 Å². The standard InChI is InChI=1S/C20H17ClN2O5S/c1-26-13-5-6-15(17(10-13)28-3)23-19(25)14(18(24)22-20(23)29)9-11-8-12(21)4-7-16(11)27-2/h4-10H,1-3H3,(H,22,24,29)/b14-9+. The molecule has 29 heavy (non-hydrogen) atoms. The predicted molar refractivity (Wildman–Crippen MR) is 114 cm³/mol. The first-order valence-electron chi connectivity index (χ1n) is 8.36. The molecule has 1 N–H and O–H groups in total. The van der Waals surface area contributed by atoms with E-state index in [-0.39, 0.29) is 10.7 Å². The van der Waals surface area contributed by atoms with E-state index in [0.29, 0.717) is 33.5 Å². The summed E-state index contributed by atoms with van der Waals surface area (Å²) in [5.41, 5.74) is 0.720. The first-order valence-corrected chi connectivity index (χ1v) is 9.15. The van der Waals surface area contributed by atoms with E-state index in [1.807, 2.05) is 0 Å². The number of benzene rings is 2. The Labute approximate surface area is 177 Å². The Morgan fingerprint density at radius 2 is 1.72 bits per heavy atom. The third kappa shape index (κ3) is 4.03. The average molecular weight is 433 g/mol. The predicted octanol–water partition coefficient (Wildman–Crippen LogP) is 3.20. The van der Waals surface area contributed by atoms with Crippen molar-refractivity contribution in [2.75, 3.05) is 26.2 Å². The van der Waals surface area contributed by atoms with Gasteiger partial charge in [-0.2, -0.15) is 0 Å². The number of methoxy groups -OCH3 is 3. The molecule has 1 aliphatic rings. The Kier molecular flexibility index (Phi) is 6.05. The van der Waals surface area contributed by atoms with Gasteiger partial charge in [0.15, 0.2) is 5.11 Å². The number of amides is 2. The Morgan fingerprint density at radius 3 is 2.38 bits per heavy atom. The van der Waals surface area contributed by atoms with Crippen LogP contribution in [0.15, 0.2) is 42.0 Å². The number of halogens is 1. The van der Waals surface area contributed by atoms with Gasteiger partial charge >= 0.3 is 0 Å². The van der Waals surface area contributed by atoms with E-state index in [1.54, 1.807) is 36.4 Å². The van der Waals surface area contributed by atoms with Gasteiger partial charge in [-0.05, 0) is 48.6 Å². The lowest BCUT2D eigenvalue weighted by Gasteiger charge is -2.30. The zero-order chi connectivity index (χ0) is 21.1. The van der Waals surface area contributed by atoms with Crippen LogP contribution < -0.4 is 24.4 Å². The first-order chi connectivity index (χ1) is 13.9. The van der Waals surface area contributed by atoms with Gasteiger partial charge in [0.05, 0.1) is 27.0 Å². The second-order valence-corrected chi connectivity index (χ2v) is 6.71. The number of ether oxygens (including phenoxy) is 3. The molecule has 0 aromatic heterocycles. The van der Waals surface area contributed by atoms with Crippen LogP contribution in [0, 0.1) is 0 Å². The highest BCUT2D eigenvalue weighted by molar-refractivity contribution is 7.80. The van der Waals surface area contributed by atoms with Gasteiger partial charge < -0.3 is 14.2 Å². The summed E-state index contributed by atoms with van der Waals surface area (Å²) < 4.78 is 15.8. The zero-order valence-electron chi connectivity index (χ0n) is 15.8. The topological polar surface area (TPSA) is 77.1 Å². The van der Waals surface area contributed by atoms with Gasteiger partial charge in [-0.1, -0.05) is 11.6 Å². The summed E-state index contributed by atoms with van der Waals surface area (Å²) in [6.45, 7) is 0. The SMILES string of the molecule is COc1ccc(N2C(=O)/C(=C/c3cc(Cl)ccc3OC)C(=O)NC2=S)c(OC)c1. The fourth-order valence-electron chi connectivity index (χ4n) is 2.82. The number of anilines is 1. The highest BCUT2D eigenvalue weighted by Gasteiger charge is 2.36. The van der Waals surface area contributed by atoms with Crippen molar-refractivity contribution in [2.24, 2.45) is 0 Å². The van der Waals surface area contributed by atoms with Crippen LogP contribution in [0.25, 0.3) is 6.08 Å². The summed E-state index contributed by atoms with van der Waals surface area (Å²) in [6.07, 6.45) is 1.41. The maximum Gasteiger partial charge on any atom is 0.270 e. The van der Waals surface area contributed by atoms with Crippen LogP contribution in [0.3, 0.4) is 0 Å². The molecule has 0 spiro atoms. The molecule has 3 rings (SSSR count). The molecule has 1 aliphatic heterocycles. The highest BCUT2D eigenvalue weighted by atomic mass is 35.5. The second-order valence-electron chi connectivity index (χ2n) is 5.88. The molecule has 0 bridgehead atoms. The van der Waals surface area contributed by atoms with Gasteiger partial charge in [0.2, 0.25) is 0 Å². The number of thiocarbonyl (C=S) groups is 1. The molecule has 0 saturated carbocycles. The summed E-state index contributed by atoms with van der Waals surface area (Å²) in [5, 5.41) is 2.91. The monoisotopic (exact) mass is 432 g/mol. The fraction of sp³-hybridized carbons (Fsp3) is 0.150. The molecule has 150 valence electrons. The molecule has 0 unspecified atom stereocenters. The van der Waals surface area contributed by atoms with Crippen LogP contribution in [-0.4, -0.2) is 38.3 Å². The summed E-state index contributed by atoms with van der Waals surface area (Å²) in [5.74, 6) is 0.138. The van der Waals surface area contributed by atoms with Gasteiger partial charge in [0.25, 0.3) is 11.8 Å². The maximum absolute atomic E-state index is 13.2. The van der Waals surface area contributed by atoms with Gasteiger partial charge in [0, 0.05) is 16.7 Å². The Hall–Kier alpha value is -3.10. The Bertz CT molecular complexity index is 1040. The third-order valence-corrected chi connectivity index (χ3v) is 4.74.